The Morgan fingerprint density at radius 2 is 1.81 bits per heavy atom. The van der Waals surface area contributed by atoms with Gasteiger partial charge < -0.3 is 10.6 Å². The third-order valence-electron chi connectivity index (χ3n) is 3.83. The van der Waals surface area contributed by atoms with Crippen LogP contribution in [0.2, 0.25) is 0 Å². The standard InChI is InChI=1S/C20H19FN4O/c1-3-14-6-4-5-7-17(14)24-20-22-13(2)12-18(25-20)19(26)23-16-10-8-15(21)9-11-16/h4-12H,3H2,1-2H3,(H,23,26)(H,22,24,25). The summed E-state index contributed by atoms with van der Waals surface area (Å²) in [6.07, 6.45) is 0.868. The van der Waals surface area contributed by atoms with Crippen molar-refractivity contribution in [2.75, 3.05) is 10.6 Å². The van der Waals surface area contributed by atoms with E-state index in [4.69, 9.17) is 0 Å². The molecule has 0 atom stereocenters. The van der Waals surface area contributed by atoms with E-state index in [1.54, 1.807) is 13.0 Å². The molecular formula is C20H19FN4O. The van der Waals surface area contributed by atoms with Gasteiger partial charge in [-0.05, 0) is 55.3 Å². The van der Waals surface area contributed by atoms with Crippen molar-refractivity contribution in [1.82, 2.24) is 9.97 Å². The van der Waals surface area contributed by atoms with Crippen LogP contribution in [0.5, 0.6) is 0 Å². The molecule has 132 valence electrons. The zero-order valence-corrected chi connectivity index (χ0v) is 14.6. The lowest BCUT2D eigenvalue weighted by atomic mass is 10.1. The van der Waals surface area contributed by atoms with Gasteiger partial charge in [-0.1, -0.05) is 25.1 Å². The highest BCUT2D eigenvalue weighted by atomic mass is 19.1. The molecule has 0 radical (unpaired) electrons. The third-order valence-corrected chi connectivity index (χ3v) is 3.83. The minimum atomic E-state index is -0.381. The Bertz CT molecular complexity index is 925. The van der Waals surface area contributed by atoms with E-state index >= 15 is 0 Å². The monoisotopic (exact) mass is 350 g/mol. The molecule has 3 rings (SSSR count). The predicted octanol–water partition coefficient (Wildman–Crippen LogP) is 4.48. The van der Waals surface area contributed by atoms with Crippen LogP contribution in [0.15, 0.2) is 54.6 Å². The van der Waals surface area contributed by atoms with Crippen LogP contribution in [0.3, 0.4) is 0 Å². The first-order chi connectivity index (χ1) is 12.5. The molecule has 5 nitrogen and oxygen atoms in total. The minimum Gasteiger partial charge on any atom is -0.324 e. The summed E-state index contributed by atoms with van der Waals surface area (Å²) in [4.78, 5) is 21.1. The van der Waals surface area contributed by atoms with Gasteiger partial charge in [0, 0.05) is 17.1 Å². The summed E-state index contributed by atoms with van der Waals surface area (Å²) in [6.45, 7) is 3.87. The number of hydrogen-bond acceptors (Lipinski definition) is 4. The molecule has 1 amide bonds. The Hall–Kier alpha value is -3.28. The molecule has 0 bridgehead atoms. The first-order valence-corrected chi connectivity index (χ1v) is 8.32. The average molecular weight is 350 g/mol. The molecule has 0 aliphatic carbocycles. The summed E-state index contributed by atoms with van der Waals surface area (Å²) in [5.41, 5.74) is 3.44. The number of halogens is 1. The smallest absolute Gasteiger partial charge is 0.274 e. The van der Waals surface area contributed by atoms with Crippen molar-refractivity contribution < 1.29 is 9.18 Å². The lowest BCUT2D eigenvalue weighted by Crippen LogP contribution is -2.15. The molecule has 2 aromatic carbocycles. The second-order valence-corrected chi connectivity index (χ2v) is 5.81. The van der Waals surface area contributed by atoms with E-state index < -0.39 is 0 Å². The Balaban J connectivity index is 1.82. The van der Waals surface area contributed by atoms with Crippen LogP contribution in [0.25, 0.3) is 0 Å². The molecule has 0 unspecified atom stereocenters. The van der Waals surface area contributed by atoms with E-state index in [2.05, 4.69) is 27.5 Å². The molecule has 26 heavy (non-hydrogen) atoms. The van der Waals surface area contributed by atoms with Gasteiger partial charge in [-0.15, -0.1) is 0 Å². The fraction of sp³-hybridized carbons (Fsp3) is 0.150. The van der Waals surface area contributed by atoms with Crippen LogP contribution >= 0.6 is 0 Å². The van der Waals surface area contributed by atoms with E-state index in [1.807, 2.05) is 24.3 Å². The molecule has 6 heteroatoms. The van der Waals surface area contributed by atoms with Gasteiger partial charge in [0.2, 0.25) is 5.95 Å². The number of aromatic nitrogens is 2. The second-order valence-electron chi connectivity index (χ2n) is 5.81. The largest absolute Gasteiger partial charge is 0.324 e. The lowest BCUT2D eigenvalue weighted by Gasteiger charge is -2.11. The quantitative estimate of drug-likeness (QED) is 0.712. The zero-order valence-electron chi connectivity index (χ0n) is 14.6. The van der Waals surface area contributed by atoms with E-state index in [0.29, 0.717) is 17.3 Å². The Morgan fingerprint density at radius 1 is 1.08 bits per heavy atom. The van der Waals surface area contributed by atoms with E-state index in [-0.39, 0.29) is 17.4 Å². The molecule has 3 aromatic rings. The van der Waals surface area contributed by atoms with Crippen molar-refractivity contribution in [3.63, 3.8) is 0 Å². The number of hydrogen-bond donors (Lipinski definition) is 2. The van der Waals surface area contributed by atoms with Gasteiger partial charge in [-0.3, -0.25) is 4.79 Å². The summed E-state index contributed by atoms with van der Waals surface area (Å²) in [5.74, 6) is -0.383. The highest BCUT2D eigenvalue weighted by Crippen LogP contribution is 2.20. The Kier molecular flexibility index (Phi) is 5.22. The molecule has 1 aromatic heterocycles. The number of nitrogens with one attached hydrogen (secondary N) is 2. The summed E-state index contributed by atoms with van der Waals surface area (Å²) in [7, 11) is 0. The maximum Gasteiger partial charge on any atom is 0.274 e. The van der Waals surface area contributed by atoms with E-state index in [9.17, 15) is 9.18 Å². The summed E-state index contributed by atoms with van der Waals surface area (Å²) in [5, 5.41) is 5.88. The van der Waals surface area contributed by atoms with Crippen molar-refractivity contribution in [3.05, 3.63) is 77.4 Å². The van der Waals surface area contributed by atoms with Crippen LogP contribution in [-0.4, -0.2) is 15.9 Å². The number of benzene rings is 2. The van der Waals surface area contributed by atoms with Crippen LogP contribution in [0.4, 0.5) is 21.7 Å². The molecular weight excluding hydrogens is 331 g/mol. The Labute approximate surface area is 151 Å². The van der Waals surface area contributed by atoms with Crippen LogP contribution in [0.1, 0.15) is 28.7 Å². The molecule has 0 saturated carbocycles. The highest BCUT2D eigenvalue weighted by Gasteiger charge is 2.12. The number of carbonyl (C=O) groups excluding carboxylic acids is 1. The van der Waals surface area contributed by atoms with Gasteiger partial charge in [0.05, 0.1) is 0 Å². The summed E-state index contributed by atoms with van der Waals surface area (Å²) in [6, 6.07) is 15.1. The SMILES string of the molecule is CCc1ccccc1Nc1nc(C)cc(C(=O)Nc2ccc(F)cc2)n1. The molecule has 0 fully saturated rings. The topological polar surface area (TPSA) is 66.9 Å². The number of aryl methyl sites for hydroxylation is 2. The third kappa shape index (κ3) is 4.22. The van der Waals surface area contributed by atoms with Gasteiger partial charge in [0.1, 0.15) is 11.5 Å². The number of nitrogens with zero attached hydrogens (tertiary/aromatic N) is 2. The fourth-order valence-electron chi connectivity index (χ4n) is 2.54. The van der Waals surface area contributed by atoms with E-state index in [1.165, 1.54) is 24.3 Å². The first-order valence-electron chi connectivity index (χ1n) is 8.32. The maximum absolute atomic E-state index is 13.0. The van der Waals surface area contributed by atoms with Crippen LogP contribution in [-0.2, 0) is 6.42 Å². The maximum atomic E-state index is 13.0. The Morgan fingerprint density at radius 3 is 2.54 bits per heavy atom. The van der Waals surface area contributed by atoms with Crippen molar-refractivity contribution in [2.24, 2.45) is 0 Å². The zero-order chi connectivity index (χ0) is 18.5. The summed E-state index contributed by atoms with van der Waals surface area (Å²) >= 11 is 0. The molecule has 0 aliphatic rings. The molecule has 0 saturated heterocycles. The number of carbonyl (C=O) groups is 1. The van der Waals surface area contributed by atoms with Crippen molar-refractivity contribution >= 4 is 23.2 Å². The highest BCUT2D eigenvalue weighted by molar-refractivity contribution is 6.03. The molecule has 2 N–H and O–H groups in total. The van der Waals surface area contributed by atoms with Crippen molar-refractivity contribution in [3.8, 4) is 0 Å². The van der Waals surface area contributed by atoms with Crippen LogP contribution < -0.4 is 10.6 Å². The fourth-order valence-corrected chi connectivity index (χ4v) is 2.54. The van der Waals surface area contributed by atoms with Gasteiger partial charge in [-0.2, -0.15) is 0 Å². The van der Waals surface area contributed by atoms with Crippen molar-refractivity contribution in [1.29, 1.82) is 0 Å². The summed E-state index contributed by atoms with van der Waals surface area (Å²) < 4.78 is 13.0. The van der Waals surface area contributed by atoms with E-state index in [0.717, 1.165) is 17.7 Å². The first kappa shape index (κ1) is 17.5. The molecule has 0 spiro atoms. The average Bonchev–Trinajstić information content (AvgIpc) is 2.63. The molecule has 0 aliphatic heterocycles. The normalized spacial score (nSPS) is 10.4. The lowest BCUT2D eigenvalue weighted by molar-refractivity contribution is 0.102. The second kappa shape index (κ2) is 7.74. The van der Waals surface area contributed by atoms with Crippen LogP contribution in [0, 0.1) is 12.7 Å². The van der Waals surface area contributed by atoms with Gasteiger partial charge in [0.25, 0.3) is 5.91 Å². The van der Waals surface area contributed by atoms with Crippen molar-refractivity contribution in [2.45, 2.75) is 20.3 Å². The number of amides is 1. The van der Waals surface area contributed by atoms with Gasteiger partial charge in [-0.25, -0.2) is 14.4 Å². The van der Waals surface area contributed by atoms with Gasteiger partial charge >= 0.3 is 0 Å². The van der Waals surface area contributed by atoms with Gasteiger partial charge in [0.15, 0.2) is 0 Å². The predicted molar refractivity (Wildman–Crippen MR) is 100 cm³/mol. The number of rotatable bonds is 5. The number of para-hydroxylation sites is 1. The molecule has 1 heterocycles. The number of anilines is 3. The minimum absolute atomic E-state index is 0.235.